The molecule has 1 fully saturated rings. The maximum absolute atomic E-state index is 13.8. The fraction of sp³-hybridized carbons (Fsp3) is 0.400. The second-order valence-corrected chi connectivity index (χ2v) is 9.80. The third-order valence-electron chi connectivity index (χ3n) is 6.71. The molecule has 5 rings (SSSR count). The van der Waals surface area contributed by atoms with Crippen molar-refractivity contribution in [2.45, 2.75) is 44.1 Å². The number of aliphatic carboxylic acids is 1. The molecule has 0 bridgehead atoms. The fourth-order valence-electron chi connectivity index (χ4n) is 5.14. The largest absolute Gasteiger partial charge is 0.479 e. The number of nitrogens with one attached hydrogen (secondary N) is 1. The molecule has 0 spiro atoms. The zero-order valence-corrected chi connectivity index (χ0v) is 19.6. The standard InChI is InChI=1S/C25H27FN4O4/c1-24(2,13-33-4)21-19(15-10-25(3,23(31)32)34-12-15)20-18(9-14-11-27-29-22(14)28-20)30(21)17-7-5-16(26)6-8-17/h5-9,11,15H,10,12-13H2,1-4H3,(H,31,32)(H,27,28,29)/t15-,25+/m1/s1. The minimum absolute atomic E-state index is 0.204. The van der Waals surface area contributed by atoms with Crippen LogP contribution >= 0.6 is 0 Å². The maximum atomic E-state index is 13.8. The van der Waals surface area contributed by atoms with Crippen LogP contribution in [0.5, 0.6) is 0 Å². The molecular formula is C25H27FN4O4. The van der Waals surface area contributed by atoms with Crippen LogP contribution in [0.15, 0.2) is 36.5 Å². The van der Waals surface area contributed by atoms with Gasteiger partial charge in [0, 0.05) is 40.8 Å². The molecule has 1 aliphatic heterocycles. The van der Waals surface area contributed by atoms with E-state index in [0.717, 1.165) is 33.4 Å². The number of carbonyl (C=O) groups is 1. The summed E-state index contributed by atoms with van der Waals surface area (Å²) in [5, 5.41) is 17.7. The molecule has 0 unspecified atom stereocenters. The van der Waals surface area contributed by atoms with E-state index in [1.54, 1.807) is 32.4 Å². The van der Waals surface area contributed by atoms with Gasteiger partial charge in [-0.05, 0) is 43.7 Å². The number of aromatic amines is 1. The van der Waals surface area contributed by atoms with Crippen molar-refractivity contribution in [2.75, 3.05) is 20.3 Å². The van der Waals surface area contributed by atoms with Crippen molar-refractivity contribution >= 4 is 28.0 Å². The molecule has 2 atom stereocenters. The summed E-state index contributed by atoms with van der Waals surface area (Å²) in [7, 11) is 1.65. The summed E-state index contributed by atoms with van der Waals surface area (Å²) >= 11 is 0. The van der Waals surface area contributed by atoms with Crippen LogP contribution in [0.3, 0.4) is 0 Å². The van der Waals surface area contributed by atoms with Crippen molar-refractivity contribution in [3.8, 4) is 5.69 Å². The highest BCUT2D eigenvalue weighted by molar-refractivity contribution is 5.94. The molecule has 2 N–H and O–H groups in total. The van der Waals surface area contributed by atoms with Crippen LogP contribution in [0.25, 0.3) is 27.8 Å². The number of halogens is 1. The highest BCUT2D eigenvalue weighted by Crippen LogP contribution is 2.46. The number of fused-ring (bicyclic) bond motifs is 2. The summed E-state index contributed by atoms with van der Waals surface area (Å²) in [6, 6.07) is 8.33. The Labute approximate surface area is 195 Å². The first-order valence-electron chi connectivity index (χ1n) is 11.2. The van der Waals surface area contributed by atoms with Crippen LogP contribution in [-0.4, -0.2) is 56.7 Å². The highest BCUT2D eigenvalue weighted by atomic mass is 19.1. The quantitative estimate of drug-likeness (QED) is 0.439. The first-order chi connectivity index (χ1) is 16.1. The van der Waals surface area contributed by atoms with Gasteiger partial charge in [0.25, 0.3) is 0 Å². The number of hydrogen-bond donors (Lipinski definition) is 2. The van der Waals surface area contributed by atoms with Crippen LogP contribution in [0.2, 0.25) is 0 Å². The van der Waals surface area contributed by atoms with E-state index >= 15 is 0 Å². The molecule has 1 aromatic carbocycles. The third-order valence-corrected chi connectivity index (χ3v) is 6.71. The second kappa shape index (κ2) is 7.89. The molecule has 8 nitrogen and oxygen atoms in total. The van der Waals surface area contributed by atoms with Crippen molar-refractivity contribution in [3.05, 3.63) is 53.6 Å². The van der Waals surface area contributed by atoms with Crippen molar-refractivity contribution in [1.82, 2.24) is 19.7 Å². The van der Waals surface area contributed by atoms with E-state index in [1.807, 2.05) is 6.07 Å². The molecule has 178 valence electrons. The molecule has 4 aromatic rings. The van der Waals surface area contributed by atoms with Crippen LogP contribution in [-0.2, 0) is 19.7 Å². The lowest BCUT2D eigenvalue weighted by Gasteiger charge is -2.29. The Balaban J connectivity index is 1.87. The predicted molar refractivity (Wildman–Crippen MR) is 125 cm³/mol. The second-order valence-electron chi connectivity index (χ2n) is 9.80. The topological polar surface area (TPSA) is 102 Å². The Hall–Kier alpha value is -3.30. The molecule has 0 radical (unpaired) electrons. The van der Waals surface area contributed by atoms with E-state index in [-0.39, 0.29) is 18.3 Å². The molecule has 0 saturated carbocycles. The number of H-pyrrole nitrogens is 1. The zero-order chi connectivity index (χ0) is 24.3. The molecule has 34 heavy (non-hydrogen) atoms. The molecule has 0 amide bonds. The number of carboxylic acids is 1. The van der Waals surface area contributed by atoms with Crippen molar-refractivity contribution in [2.24, 2.45) is 0 Å². The molecule has 4 heterocycles. The van der Waals surface area contributed by atoms with Crippen LogP contribution in [0, 0.1) is 5.82 Å². The van der Waals surface area contributed by atoms with E-state index in [0.29, 0.717) is 18.7 Å². The van der Waals surface area contributed by atoms with E-state index < -0.39 is 17.0 Å². The lowest BCUT2D eigenvalue weighted by Crippen LogP contribution is -2.34. The first-order valence-corrected chi connectivity index (χ1v) is 11.2. The highest BCUT2D eigenvalue weighted by Gasteiger charge is 2.46. The SMILES string of the molecule is COCC(C)(C)c1c([C@H]2CO[C@](C)(C(=O)O)C2)c2nc3[nH]ncc3cc2n1-c1ccc(F)cc1. The minimum atomic E-state index is -1.28. The Morgan fingerprint density at radius 3 is 2.76 bits per heavy atom. The van der Waals surface area contributed by atoms with Crippen molar-refractivity contribution < 1.29 is 23.8 Å². The first kappa shape index (κ1) is 22.5. The number of hydrogen-bond acceptors (Lipinski definition) is 5. The van der Waals surface area contributed by atoms with Gasteiger partial charge in [-0.25, -0.2) is 14.2 Å². The number of nitrogens with zero attached hydrogens (tertiary/aromatic N) is 3. The van der Waals surface area contributed by atoms with Gasteiger partial charge in [-0.15, -0.1) is 0 Å². The van der Waals surface area contributed by atoms with Gasteiger partial charge >= 0.3 is 5.97 Å². The van der Waals surface area contributed by atoms with E-state index in [2.05, 4.69) is 28.6 Å². The van der Waals surface area contributed by atoms with Crippen molar-refractivity contribution in [3.63, 3.8) is 0 Å². The normalized spacial score (nSPS) is 21.0. The van der Waals surface area contributed by atoms with Gasteiger partial charge in [0.2, 0.25) is 0 Å². The monoisotopic (exact) mass is 466 g/mol. The summed E-state index contributed by atoms with van der Waals surface area (Å²) in [5.41, 5.74) is 3.09. The lowest BCUT2D eigenvalue weighted by molar-refractivity contribution is -0.157. The Morgan fingerprint density at radius 2 is 2.12 bits per heavy atom. The van der Waals surface area contributed by atoms with E-state index in [4.69, 9.17) is 14.5 Å². The van der Waals surface area contributed by atoms with Gasteiger partial charge in [0.15, 0.2) is 11.2 Å². The van der Waals surface area contributed by atoms with Gasteiger partial charge in [-0.3, -0.25) is 5.10 Å². The van der Waals surface area contributed by atoms with Gasteiger partial charge in [-0.1, -0.05) is 13.8 Å². The third kappa shape index (κ3) is 3.47. The maximum Gasteiger partial charge on any atom is 0.335 e. The van der Waals surface area contributed by atoms with Gasteiger partial charge in [0.05, 0.1) is 30.4 Å². The summed E-state index contributed by atoms with van der Waals surface area (Å²) in [6.45, 7) is 6.43. The number of ether oxygens (including phenoxy) is 2. The molecule has 1 saturated heterocycles. The molecular weight excluding hydrogens is 439 g/mol. The van der Waals surface area contributed by atoms with Crippen LogP contribution in [0.1, 0.15) is 44.4 Å². The summed E-state index contributed by atoms with van der Waals surface area (Å²) in [5.74, 6) is -1.52. The number of rotatable bonds is 6. The van der Waals surface area contributed by atoms with Crippen molar-refractivity contribution in [1.29, 1.82) is 0 Å². The predicted octanol–water partition coefficient (Wildman–Crippen LogP) is 4.31. The van der Waals surface area contributed by atoms with Gasteiger partial charge < -0.3 is 19.1 Å². The zero-order valence-electron chi connectivity index (χ0n) is 19.6. The number of pyridine rings is 1. The Kier molecular flexibility index (Phi) is 5.22. The molecule has 3 aromatic heterocycles. The molecule has 1 aliphatic rings. The lowest BCUT2D eigenvalue weighted by atomic mass is 9.81. The summed E-state index contributed by atoms with van der Waals surface area (Å²) < 4.78 is 27.3. The van der Waals surface area contributed by atoms with E-state index in [1.165, 1.54) is 12.1 Å². The average Bonchev–Trinajstić information content (AvgIpc) is 3.48. The molecule has 0 aliphatic carbocycles. The number of carboxylic acid groups (broad SMARTS) is 1. The average molecular weight is 467 g/mol. The van der Waals surface area contributed by atoms with Crippen LogP contribution in [0.4, 0.5) is 4.39 Å². The summed E-state index contributed by atoms with van der Waals surface area (Å²) in [6.07, 6.45) is 2.02. The molecule has 9 heteroatoms. The number of aromatic nitrogens is 4. The summed E-state index contributed by atoms with van der Waals surface area (Å²) in [4.78, 5) is 16.8. The smallest absolute Gasteiger partial charge is 0.335 e. The fourth-order valence-corrected chi connectivity index (χ4v) is 5.14. The Morgan fingerprint density at radius 1 is 1.38 bits per heavy atom. The number of methoxy groups -OCH3 is 1. The Bertz CT molecular complexity index is 1390. The van der Waals surface area contributed by atoms with E-state index in [9.17, 15) is 14.3 Å². The van der Waals surface area contributed by atoms with Crippen LogP contribution < -0.4 is 0 Å². The van der Waals surface area contributed by atoms with Gasteiger partial charge in [0.1, 0.15) is 5.82 Å². The van der Waals surface area contributed by atoms with Gasteiger partial charge in [-0.2, -0.15) is 5.10 Å². The number of benzene rings is 1. The minimum Gasteiger partial charge on any atom is -0.479 e.